The number of hydrogen-bond donors (Lipinski definition) is 2. The summed E-state index contributed by atoms with van der Waals surface area (Å²) in [5.41, 5.74) is 0.362. The molecule has 0 fully saturated rings. The van der Waals surface area contributed by atoms with Crippen LogP contribution in [0.5, 0.6) is 0 Å². The van der Waals surface area contributed by atoms with Gasteiger partial charge in [0, 0.05) is 41.5 Å². The van der Waals surface area contributed by atoms with Gasteiger partial charge in [0.1, 0.15) is 11.6 Å². The molecule has 2 aromatic rings. The number of carbonyl (C=O) groups is 1. The van der Waals surface area contributed by atoms with Crippen molar-refractivity contribution in [3.63, 3.8) is 0 Å². The fourth-order valence-corrected chi connectivity index (χ4v) is 1.98. The molecule has 20 heavy (non-hydrogen) atoms. The molecule has 0 radical (unpaired) electrons. The van der Waals surface area contributed by atoms with Crippen LogP contribution in [0.15, 0.2) is 41.1 Å². The van der Waals surface area contributed by atoms with Crippen molar-refractivity contribution in [2.24, 2.45) is 0 Å². The highest BCUT2D eigenvalue weighted by molar-refractivity contribution is 9.10. The number of halogens is 2. The van der Waals surface area contributed by atoms with E-state index in [1.54, 1.807) is 24.5 Å². The minimum absolute atomic E-state index is 0.268. The van der Waals surface area contributed by atoms with Gasteiger partial charge in [0.25, 0.3) is 0 Å². The molecule has 4 nitrogen and oxygen atoms in total. The van der Waals surface area contributed by atoms with Crippen LogP contribution in [-0.2, 0) is 11.2 Å². The molecule has 0 saturated heterocycles. The first-order valence-corrected chi connectivity index (χ1v) is 6.83. The normalized spacial score (nSPS) is 10.9. The molecule has 0 bridgehead atoms. The maximum absolute atomic E-state index is 13.4. The Morgan fingerprint density at radius 3 is 3.10 bits per heavy atom. The molecule has 1 heterocycles. The van der Waals surface area contributed by atoms with Gasteiger partial charge in [0.2, 0.25) is 5.91 Å². The molecule has 0 aliphatic heterocycles. The van der Waals surface area contributed by atoms with Gasteiger partial charge in [-0.05, 0) is 24.3 Å². The van der Waals surface area contributed by atoms with E-state index in [9.17, 15) is 9.18 Å². The van der Waals surface area contributed by atoms with E-state index < -0.39 is 0 Å². The summed E-state index contributed by atoms with van der Waals surface area (Å²) in [7, 11) is 0. The Morgan fingerprint density at radius 2 is 2.35 bits per heavy atom. The highest BCUT2D eigenvalue weighted by Gasteiger charge is 2.01. The number of hydrogen-bond acceptors (Lipinski definition) is 2. The van der Waals surface area contributed by atoms with Crippen molar-refractivity contribution in [1.29, 1.82) is 0 Å². The van der Waals surface area contributed by atoms with Crippen molar-refractivity contribution in [2.75, 3.05) is 6.54 Å². The van der Waals surface area contributed by atoms with Gasteiger partial charge in [-0.1, -0.05) is 15.9 Å². The molecule has 0 unspecified atom stereocenters. The number of nitrogens with one attached hydrogen (secondary N) is 2. The monoisotopic (exact) mass is 337 g/mol. The Hall–Kier alpha value is -1.95. The Bertz CT molecular complexity index is 611. The summed E-state index contributed by atoms with van der Waals surface area (Å²) in [4.78, 5) is 18.6. The largest absolute Gasteiger partial charge is 0.352 e. The van der Waals surface area contributed by atoms with Crippen molar-refractivity contribution in [2.45, 2.75) is 6.42 Å². The second kappa shape index (κ2) is 7.00. The first kappa shape index (κ1) is 14.5. The predicted molar refractivity (Wildman–Crippen MR) is 78.4 cm³/mol. The second-order valence-electron chi connectivity index (χ2n) is 4.08. The van der Waals surface area contributed by atoms with Crippen LogP contribution in [0.3, 0.4) is 0 Å². The van der Waals surface area contributed by atoms with Crippen molar-refractivity contribution in [3.05, 3.63) is 58.3 Å². The summed E-state index contributed by atoms with van der Waals surface area (Å²) in [6.07, 6.45) is 6.77. The van der Waals surface area contributed by atoms with Crippen LogP contribution in [-0.4, -0.2) is 22.4 Å². The van der Waals surface area contributed by atoms with E-state index in [4.69, 9.17) is 0 Å². The quantitative estimate of drug-likeness (QED) is 0.824. The number of aromatic amines is 1. The van der Waals surface area contributed by atoms with Crippen LogP contribution in [0.2, 0.25) is 0 Å². The molecule has 0 aliphatic carbocycles. The molecular formula is C14H13BrFN3O. The Morgan fingerprint density at radius 1 is 1.50 bits per heavy atom. The number of imidazole rings is 1. The maximum atomic E-state index is 13.4. The third kappa shape index (κ3) is 4.31. The summed E-state index contributed by atoms with van der Waals surface area (Å²) in [5.74, 6) is 0.177. The van der Waals surface area contributed by atoms with Crippen molar-refractivity contribution in [1.82, 2.24) is 15.3 Å². The van der Waals surface area contributed by atoms with Crippen molar-refractivity contribution >= 4 is 27.9 Å². The zero-order valence-electron chi connectivity index (χ0n) is 10.6. The standard InChI is InChI=1S/C14H13BrFN3O/c15-11-2-3-12(16)10(9-11)1-4-14(20)19-6-5-13-17-7-8-18-13/h1-4,7-9H,5-6H2,(H,17,18)(H,19,20)/b4-1+. The van der Waals surface area contributed by atoms with Crippen molar-refractivity contribution < 1.29 is 9.18 Å². The Kier molecular flexibility index (Phi) is 5.06. The fraction of sp³-hybridized carbons (Fsp3) is 0.143. The zero-order valence-corrected chi connectivity index (χ0v) is 12.2. The molecular weight excluding hydrogens is 325 g/mol. The Labute approximate surface area is 124 Å². The molecule has 0 saturated carbocycles. The van der Waals surface area contributed by atoms with Crippen LogP contribution in [0.1, 0.15) is 11.4 Å². The molecule has 6 heteroatoms. The molecule has 2 N–H and O–H groups in total. The summed E-state index contributed by atoms with van der Waals surface area (Å²) in [6, 6.07) is 4.57. The van der Waals surface area contributed by atoms with E-state index in [2.05, 4.69) is 31.2 Å². The van der Waals surface area contributed by atoms with E-state index in [0.717, 1.165) is 10.3 Å². The van der Waals surface area contributed by atoms with Crippen LogP contribution < -0.4 is 5.32 Å². The zero-order chi connectivity index (χ0) is 14.4. The van der Waals surface area contributed by atoms with Gasteiger partial charge in [-0.3, -0.25) is 4.79 Å². The lowest BCUT2D eigenvalue weighted by molar-refractivity contribution is -0.116. The smallest absolute Gasteiger partial charge is 0.244 e. The number of benzene rings is 1. The van der Waals surface area contributed by atoms with Gasteiger partial charge in [-0.25, -0.2) is 9.37 Å². The van der Waals surface area contributed by atoms with Gasteiger partial charge in [-0.15, -0.1) is 0 Å². The predicted octanol–water partition coefficient (Wildman–Crippen LogP) is 2.68. The second-order valence-corrected chi connectivity index (χ2v) is 4.99. The van der Waals surface area contributed by atoms with Crippen LogP contribution in [0.4, 0.5) is 4.39 Å². The summed E-state index contributed by atoms with van der Waals surface area (Å²) < 4.78 is 14.2. The lowest BCUT2D eigenvalue weighted by Gasteiger charge is -2.00. The van der Waals surface area contributed by atoms with Gasteiger partial charge in [0.05, 0.1) is 0 Å². The summed E-state index contributed by atoms with van der Waals surface area (Å²) in [5, 5.41) is 2.71. The van der Waals surface area contributed by atoms with Crippen LogP contribution in [0.25, 0.3) is 6.08 Å². The number of rotatable bonds is 5. The van der Waals surface area contributed by atoms with E-state index in [1.165, 1.54) is 18.2 Å². The lowest BCUT2D eigenvalue weighted by Crippen LogP contribution is -2.23. The minimum atomic E-state index is -0.368. The average molecular weight is 338 g/mol. The fourth-order valence-electron chi connectivity index (χ4n) is 1.61. The minimum Gasteiger partial charge on any atom is -0.352 e. The van der Waals surface area contributed by atoms with E-state index in [1.807, 2.05) is 0 Å². The van der Waals surface area contributed by atoms with Gasteiger partial charge in [0.15, 0.2) is 0 Å². The molecule has 0 spiro atoms. The molecule has 2 rings (SSSR count). The average Bonchev–Trinajstić information content (AvgIpc) is 2.93. The lowest BCUT2D eigenvalue weighted by atomic mass is 10.2. The highest BCUT2D eigenvalue weighted by Crippen LogP contribution is 2.16. The number of carbonyl (C=O) groups excluding carboxylic acids is 1. The number of nitrogens with zero attached hydrogens (tertiary/aromatic N) is 1. The first-order valence-electron chi connectivity index (χ1n) is 6.04. The molecule has 1 aromatic heterocycles. The first-order chi connectivity index (χ1) is 9.65. The number of H-pyrrole nitrogens is 1. The third-order valence-corrected chi connectivity index (χ3v) is 3.08. The molecule has 1 amide bonds. The molecule has 0 atom stereocenters. The topological polar surface area (TPSA) is 57.8 Å². The van der Waals surface area contributed by atoms with Gasteiger partial charge >= 0.3 is 0 Å². The summed E-state index contributed by atoms with van der Waals surface area (Å²) >= 11 is 3.26. The van der Waals surface area contributed by atoms with E-state index >= 15 is 0 Å². The summed E-state index contributed by atoms with van der Waals surface area (Å²) in [6.45, 7) is 0.470. The van der Waals surface area contributed by atoms with E-state index in [0.29, 0.717) is 18.5 Å². The highest BCUT2D eigenvalue weighted by atomic mass is 79.9. The van der Waals surface area contributed by atoms with Gasteiger partial charge in [-0.2, -0.15) is 0 Å². The third-order valence-electron chi connectivity index (χ3n) is 2.59. The van der Waals surface area contributed by atoms with Crippen LogP contribution in [0, 0.1) is 5.82 Å². The van der Waals surface area contributed by atoms with Crippen LogP contribution >= 0.6 is 15.9 Å². The Balaban J connectivity index is 1.84. The SMILES string of the molecule is O=C(/C=C/c1cc(Br)ccc1F)NCCc1ncc[nH]1. The van der Waals surface area contributed by atoms with Gasteiger partial charge < -0.3 is 10.3 Å². The molecule has 104 valence electrons. The maximum Gasteiger partial charge on any atom is 0.244 e. The molecule has 0 aliphatic rings. The van der Waals surface area contributed by atoms with Crippen molar-refractivity contribution in [3.8, 4) is 0 Å². The molecule has 1 aromatic carbocycles. The van der Waals surface area contributed by atoms with E-state index in [-0.39, 0.29) is 11.7 Å². The number of aromatic nitrogens is 2. The number of amides is 1.